The van der Waals surface area contributed by atoms with Crippen molar-refractivity contribution in [3.05, 3.63) is 40.0 Å². The lowest BCUT2D eigenvalue weighted by atomic mass is 10.1. The second-order valence-electron chi connectivity index (χ2n) is 4.79. The molecule has 0 aliphatic heterocycles. The molecule has 2 rings (SSSR count). The molecule has 0 spiro atoms. The molecule has 0 bridgehead atoms. The first kappa shape index (κ1) is 14.7. The minimum Gasteiger partial charge on any atom is -0.423 e. The summed E-state index contributed by atoms with van der Waals surface area (Å²) in [5.41, 5.74) is 1.38. The van der Waals surface area contributed by atoms with E-state index in [9.17, 15) is 4.79 Å². The van der Waals surface area contributed by atoms with Gasteiger partial charge in [0.15, 0.2) is 5.78 Å². The van der Waals surface area contributed by atoms with Crippen molar-refractivity contribution in [1.29, 1.82) is 0 Å². The smallest absolute Gasteiger partial charge is 0.235 e. The van der Waals surface area contributed by atoms with Gasteiger partial charge in [-0.3, -0.25) is 4.79 Å². The number of nitrogens with one attached hydrogen (secondary N) is 1. The fourth-order valence-electron chi connectivity index (χ4n) is 1.70. The molecule has 0 radical (unpaired) electrons. The van der Waals surface area contributed by atoms with Crippen molar-refractivity contribution in [2.75, 3.05) is 5.32 Å². The molecule has 5 nitrogen and oxygen atoms in total. The molecule has 1 N–H and O–H groups in total. The summed E-state index contributed by atoms with van der Waals surface area (Å²) in [7, 11) is 0. The zero-order valence-electron chi connectivity index (χ0n) is 11.6. The maximum absolute atomic E-state index is 11.6. The summed E-state index contributed by atoms with van der Waals surface area (Å²) in [6.45, 7) is 5.92. The molecule has 6 heteroatoms. The van der Waals surface area contributed by atoms with E-state index in [0.717, 1.165) is 10.2 Å². The van der Waals surface area contributed by atoms with E-state index in [0.29, 0.717) is 23.9 Å². The van der Waals surface area contributed by atoms with Crippen molar-refractivity contribution in [2.24, 2.45) is 0 Å². The van der Waals surface area contributed by atoms with E-state index >= 15 is 0 Å². The van der Waals surface area contributed by atoms with E-state index in [1.165, 1.54) is 6.92 Å². The molecule has 0 saturated heterocycles. The zero-order chi connectivity index (χ0) is 14.7. The minimum absolute atomic E-state index is 0.00204. The van der Waals surface area contributed by atoms with E-state index < -0.39 is 0 Å². The van der Waals surface area contributed by atoms with Gasteiger partial charge < -0.3 is 9.73 Å². The number of hydrogen-bond acceptors (Lipinski definition) is 5. The predicted octanol–water partition coefficient (Wildman–Crippen LogP) is 3.77. The molecule has 0 atom stereocenters. The molecule has 0 aliphatic rings. The Balaban J connectivity index is 2.12. The molecular weight excluding hydrogens is 322 g/mol. The van der Waals surface area contributed by atoms with Crippen LogP contribution in [0.5, 0.6) is 0 Å². The largest absolute Gasteiger partial charge is 0.423 e. The fraction of sp³-hybridized carbons (Fsp3) is 0.357. The average molecular weight is 338 g/mol. The van der Waals surface area contributed by atoms with Crippen LogP contribution in [0, 0.1) is 0 Å². The van der Waals surface area contributed by atoms with Crippen molar-refractivity contribution in [2.45, 2.75) is 33.2 Å². The van der Waals surface area contributed by atoms with E-state index in [2.05, 4.69) is 31.4 Å². The van der Waals surface area contributed by atoms with Gasteiger partial charge in [-0.25, -0.2) is 0 Å². The molecule has 1 aromatic carbocycles. The monoisotopic (exact) mass is 337 g/mol. The summed E-state index contributed by atoms with van der Waals surface area (Å²) < 4.78 is 6.38. The SMILES string of the molecule is CC(=O)c1cc(Br)ccc1NCc1nnc(C(C)C)o1. The Kier molecular flexibility index (Phi) is 4.54. The number of aromatic nitrogens is 2. The molecule has 106 valence electrons. The van der Waals surface area contributed by atoms with Crippen molar-refractivity contribution in [3.8, 4) is 0 Å². The number of rotatable bonds is 5. The van der Waals surface area contributed by atoms with Crippen LogP contribution >= 0.6 is 15.9 Å². The molecule has 0 aliphatic carbocycles. The highest BCUT2D eigenvalue weighted by Gasteiger charge is 2.11. The Hall–Kier alpha value is -1.69. The number of nitrogens with zero attached hydrogens (tertiary/aromatic N) is 2. The Morgan fingerprint density at radius 2 is 2.15 bits per heavy atom. The molecule has 0 amide bonds. The number of carbonyl (C=O) groups excluding carboxylic acids is 1. The number of Topliss-reactive ketones (excluding diaryl/α,β-unsaturated/α-hetero) is 1. The highest BCUT2D eigenvalue weighted by molar-refractivity contribution is 9.10. The van der Waals surface area contributed by atoms with Crippen LogP contribution in [0.3, 0.4) is 0 Å². The van der Waals surface area contributed by atoms with Gasteiger partial charge in [-0.1, -0.05) is 29.8 Å². The Bertz CT molecular complexity index is 623. The topological polar surface area (TPSA) is 68.0 Å². The van der Waals surface area contributed by atoms with Crippen LogP contribution in [-0.4, -0.2) is 16.0 Å². The number of carbonyl (C=O) groups is 1. The lowest BCUT2D eigenvalue weighted by molar-refractivity contribution is 0.101. The van der Waals surface area contributed by atoms with Gasteiger partial charge in [-0.2, -0.15) is 0 Å². The summed E-state index contributed by atoms with van der Waals surface area (Å²) in [5, 5.41) is 11.1. The number of halogens is 1. The molecule has 2 aromatic rings. The molecule has 0 unspecified atom stereocenters. The van der Waals surface area contributed by atoms with E-state index in [1.807, 2.05) is 26.0 Å². The van der Waals surface area contributed by atoms with Gasteiger partial charge in [0.1, 0.15) is 0 Å². The number of anilines is 1. The van der Waals surface area contributed by atoms with Crippen LogP contribution in [0.2, 0.25) is 0 Å². The van der Waals surface area contributed by atoms with Gasteiger partial charge in [-0.05, 0) is 25.1 Å². The Labute approximate surface area is 125 Å². The summed E-state index contributed by atoms with van der Waals surface area (Å²) in [5.74, 6) is 1.33. The van der Waals surface area contributed by atoms with Gasteiger partial charge in [0, 0.05) is 21.6 Å². The second kappa shape index (κ2) is 6.17. The van der Waals surface area contributed by atoms with Crippen molar-refractivity contribution < 1.29 is 9.21 Å². The summed E-state index contributed by atoms with van der Waals surface area (Å²) in [6, 6.07) is 5.51. The van der Waals surface area contributed by atoms with Gasteiger partial charge in [0.25, 0.3) is 0 Å². The molecule has 0 fully saturated rings. The second-order valence-corrected chi connectivity index (χ2v) is 5.70. The molecule has 1 heterocycles. The van der Waals surface area contributed by atoms with Crippen LogP contribution < -0.4 is 5.32 Å². The Morgan fingerprint density at radius 1 is 1.40 bits per heavy atom. The lowest BCUT2D eigenvalue weighted by Crippen LogP contribution is -2.05. The highest BCUT2D eigenvalue weighted by atomic mass is 79.9. The summed E-state index contributed by atoms with van der Waals surface area (Å²) in [6.07, 6.45) is 0. The van der Waals surface area contributed by atoms with Crippen LogP contribution in [-0.2, 0) is 6.54 Å². The van der Waals surface area contributed by atoms with Crippen molar-refractivity contribution in [1.82, 2.24) is 10.2 Å². The number of hydrogen-bond donors (Lipinski definition) is 1. The third-order valence-electron chi connectivity index (χ3n) is 2.77. The van der Waals surface area contributed by atoms with E-state index in [1.54, 1.807) is 6.07 Å². The van der Waals surface area contributed by atoms with E-state index in [-0.39, 0.29) is 11.7 Å². The van der Waals surface area contributed by atoms with Crippen LogP contribution in [0.4, 0.5) is 5.69 Å². The van der Waals surface area contributed by atoms with Crippen LogP contribution in [0.25, 0.3) is 0 Å². The maximum Gasteiger partial charge on any atom is 0.235 e. The molecule has 1 aromatic heterocycles. The van der Waals surface area contributed by atoms with E-state index in [4.69, 9.17) is 4.42 Å². The van der Waals surface area contributed by atoms with Gasteiger partial charge in [0.05, 0.1) is 6.54 Å². The van der Waals surface area contributed by atoms with Crippen LogP contribution in [0.15, 0.2) is 27.1 Å². The van der Waals surface area contributed by atoms with Gasteiger partial charge in [-0.15, -0.1) is 10.2 Å². The van der Waals surface area contributed by atoms with Gasteiger partial charge in [0.2, 0.25) is 11.8 Å². The zero-order valence-corrected chi connectivity index (χ0v) is 13.2. The maximum atomic E-state index is 11.6. The normalized spacial score (nSPS) is 10.8. The first-order chi connectivity index (χ1) is 9.47. The molecule has 20 heavy (non-hydrogen) atoms. The lowest BCUT2D eigenvalue weighted by Gasteiger charge is -2.08. The predicted molar refractivity (Wildman–Crippen MR) is 79.9 cm³/mol. The summed E-state index contributed by atoms with van der Waals surface area (Å²) in [4.78, 5) is 11.6. The van der Waals surface area contributed by atoms with Gasteiger partial charge >= 0.3 is 0 Å². The number of ketones is 1. The third kappa shape index (κ3) is 3.45. The van der Waals surface area contributed by atoms with Crippen molar-refractivity contribution >= 4 is 27.4 Å². The fourth-order valence-corrected chi connectivity index (χ4v) is 2.07. The minimum atomic E-state index is 0.00204. The van der Waals surface area contributed by atoms with Crippen molar-refractivity contribution in [3.63, 3.8) is 0 Å². The summed E-state index contributed by atoms with van der Waals surface area (Å²) >= 11 is 3.36. The quantitative estimate of drug-likeness (QED) is 0.841. The molecule has 0 saturated carbocycles. The van der Waals surface area contributed by atoms with Crippen LogP contribution in [0.1, 0.15) is 48.8 Å². The Morgan fingerprint density at radius 3 is 2.75 bits per heavy atom. The molecular formula is C14H16BrN3O2. The first-order valence-electron chi connectivity index (χ1n) is 6.34. The highest BCUT2D eigenvalue weighted by Crippen LogP contribution is 2.22. The first-order valence-corrected chi connectivity index (χ1v) is 7.13. The standard InChI is InChI=1S/C14H16BrN3O2/c1-8(2)14-18-17-13(20-14)7-16-12-5-4-10(15)6-11(12)9(3)19/h4-6,8,16H,7H2,1-3H3. The third-order valence-corrected chi connectivity index (χ3v) is 3.26. The number of benzene rings is 1. The average Bonchev–Trinajstić information content (AvgIpc) is 2.86.